The van der Waals surface area contributed by atoms with Crippen LogP contribution < -0.4 is 10.4 Å². The smallest absolute Gasteiger partial charge is 0.334 e. The fourth-order valence-electron chi connectivity index (χ4n) is 3.12. The van der Waals surface area contributed by atoms with E-state index in [1.54, 1.807) is 36.9 Å². The van der Waals surface area contributed by atoms with E-state index >= 15 is 0 Å². The first kappa shape index (κ1) is 17.7. The van der Waals surface area contributed by atoms with Gasteiger partial charge in [0.25, 0.3) is 0 Å². The number of H-pyrrole nitrogens is 1. The summed E-state index contributed by atoms with van der Waals surface area (Å²) in [6.07, 6.45) is 6.82. The predicted molar refractivity (Wildman–Crippen MR) is 102 cm³/mol. The molecule has 3 heterocycles. The zero-order valence-electron chi connectivity index (χ0n) is 15.4. The lowest BCUT2D eigenvalue weighted by Crippen LogP contribution is -2.24. The Labute approximate surface area is 160 Å². The van der Waals surface area contributed by atoms with Gasteiger partial charge in [-0.3, -0.25) is 14.2 Å². The summed E-state index contributed by atoms with van der Waals surface area (Å²) < 4.78 is 21.7. The minimum absolute atomic E-state index is 0.228. The van der Waals surface area contributed by atoms with E-state index in [4.69, 9.17) is 4.74 Å². The zero-order chi connectivity index (χ0) is 19.7. The Hall–Kier alpha value is -3.68. The number of nitrogens with one attached hydrogen (secondary N) is 1. The molecular formula is C20H18FN5O2. The van der Waals surface area contributed by atoms with Gasteiger partial charge in [-0.1, -0.05) is 0 Å². The summed E-state index contributed by atoms with van der Waals surface area (Å²) in [6.45, 7) is 2.11. The molecule has 0 aliphatic rings. The van der Waals surface area contributed by atoms with Gasteiger partial charge in [-0.2, -0.15) is 5.10 Å². The molecule has 1 aromatic carbocycles. The minimum Gasteiger partial charge on any atom is -0.497 e. The molecule has 0 aliphatic carbocycles. The van der Waals surface area contributed by atoms with E-state index in [0.29, 0.717) is 17.1 Å². The number of benzene rings is 1. The monoisotopic (exact) mass is 379 g/mol. The first-order chi connectivity index (χ1) is 13.5. The third-order valence-corrected chi connectivity index (χ3v) is 4.49. The quantitative estimate of drug-likeness (QED) is 0.578. The minimum atomic E-state index is -0.408. The van der Waals surface area contributed by atoms with Gasteiger partial charge >= 0.3 is 5.69 Å². The number of methoxy groups -OCH3 is 1. The van der Waals surface area contributed by atoms with Crippen LogP contribution >= 0.6 is 0 Å². The van der Waals surface area contributed by atoms with Crippen LogP contribution in [0.3, 0.4) is 0 Å². The molecule has 0 spiro atoms. The summed E-state index contributed by atoms with van der Waals surface area (Å²) in [5.41, 5.74) is 3.04. The molecule has 3 aromatic heterocycles. The van der Waals surface area contributed by atoms with Crippen molar-refractivity contribution in [1.29, 1.82) is 0 Å². The number of nitrogens with zero attached hydrogens (tertiary/aromatic N) is 4. The lowest BCUT2D eigenvalue weighted by molar-refractivity contribution is 0.410. The number of aromatic amines is 1. The average Bonchev–Trinajstić information content (AvgIpc) is 3.32. The van der Waals surface area contributed by atoms with Crippen LogP contribution in [0.15, 0.2) is 59.9 Å². The number of imidazole rings is 1. The Bertz CT molecular complexity index is 1180. The van der Waals surface area contributed by atoms with Crippen molar-refractivity contribution in [3.05, 3.63) is 82.7 Å². The van der Waals surface area contributed by atoms with E-state index in [1.807, 2.05) is 13.0 Å². The summed E-state index contributed by atoms with van der Waals surface area (Å²) in [6, 6.07) is 8.07. The van der Waals surface area contributed by atoms with Crippen LogP contribution in [-0.2, 0) is 6.54 Å². The van der Waals surface area contributed by atoms with Gasteiger partial charge < -0.3 is 4.74 Å². The number of ether oxygens (including phenoxy) is 1. The topological polar surface area (TPSA) is 77.7 Å². The fraction of sp³-hybridized carbons (Fsp3) is 0.150. The van der Waals surface area contributed by atoms with Crippen LogP contribution in [0.1, 0.15) is 11.3 Å². The second-order valence-electron chi connectivity index (χ2n) is 6.37. The van der Waals surface area contributed by atoms with Crippen molar-refractivity contribution in [3.63, 3.8) is 0 Å². The molecule has 0 atom stereocenters. The van der Waals surface area contributed by atoms with Gasteiger partial charge in [-0.05, 0) is 36.8 Å². The summed E-state index contributed by atoms with van der Waals surface area (Å²) in [5.74, 6) is 0.522. The van der Waals surface area contributed by atoms with Crippen molar-refractivity contribution in [1.82, 2.24) is 24.3 Å². The molecule has 8 heteroatoms. The SMILES string of the molecule is COc1cc(F)cc(Cn2ccn(-c3ccc(-c4cn[nH]c4)c(C)n3)c2=O)c1. The molecule has 0 saturated heterocycles. The van der Waals surface area contributed by atoms with E-state index in [9.17, 15) is 9.18 Å². The van der Waals surface area contributed by atoms with Crippen molar-refractivity contribution in [3.8, 4) is 22.7 Å². The number of hydrogen-bond donors (Lipinski definition) is 1. The molecule has 0 unspecified atom stereocenters. The Balaban J connectivity index is 1.65. The molecule has 0 fully saturated rings. The van der Waals surface area contributed by atoms with Crippen molar-refractivity contribution in [2.45, 2.75) is 13.5 Å². The number of halogens is 1. The van der Waals surface area contributed by atoms with Crippen LogP contribution in [0.25, 0.3) is 16.9 Å². The van der Waals surface area contributed by atoms with Gasteiger partial charge in [0.2, 0.25) is 0 Å². The third-order valence-electron chi connectivity index (χ3n) is 4.49. The second-order valence-corrected chi connectivity index (χ2v) is 6.37. The van der Waals surface area contributed by atoms with E-state index < -0.39 is 5.82 Å². The molecule has 0 radical (unpaired) electrons. The molecule has 0 amide bonds. The molecule has 0 saturated carbocycles. The second kappa shape index (κ2) is 7.15. The van der Waals surface area contributed by atoms with Gasteiger partial charge in [0, 0.05) is 41.5 Å². The van der Waals surface area contributed by atoms with Gasteiger partial charge in [0.1, 0.15) is 17.4 Å². The van der Waals surface area contributed by atoms with Crippen LogP contribution in [0, 0.1) is 12.7 Å². The van der Waals surface area contributed by atoms with Gasteiger partial charge in [0.15, 0.2) is 0 Å². The Morgan fingerprint density at radius 2 is 2.07 bits per heavy atom. The Kier molecular flexibility index (Phi) is 4.52. The summed E-state index contributed by atoms with van der Waals surface area (Å²) in [7, 11) is 1.47. The standard InChI is InChI=1S/C20H18FN5O2/c1-13-18(15-10-22-23-11-15)3-4-19(24-13)26-6-5-25(20(26)27)12-14-7-16(21)9-17(8-14)28-2/h3-11H,12H2,1-2H3,(H,22,23). The maximum atomic E-state index is 13.7. The third kappa shape index (κ3) is 3.32. The van der Waals surface area contributed by atoms with Gasteiger partial charge in [-0.15, -0.1) is 0 Å². The molecule has 4 aromatic rings. The normalized spacial score (nSPS) is 11.0. The van der Waals surface area contributed by atoms with Crippen LogP contribution in [-0.4, -0.2) is 31.4 Å². The maximum absolute atomic E-state index is 13.7. The average molecular weight is 379 g/mol. The van der Waals surface area contributed by atoms with Crippen LogP contribution in [0.2, 0.25) is 0 Å². The predicted octanol–water partition coefficient (Wildman–Crippen LogP) is 2.93. The zero-order valence-corrected chi connectivity index (χ0v) is 15.4. The van der Waals surface area contributed by atoms with Crippen molar-refractivity contribution in [2.24, 2.45) is 0 Å². The molecule has 142 valence electrons. The molecule has 0 bridgehead atoms. The molecule has 4 rings (SSSR count). The number of rotatable bonds is 5. The highest BCUT2D eigenvalue weighted by Crippen LogP contribution is 2.22. The Morgan fingerprint density at radius 1 is 1.21 bits per heavy atom. The van der Waals surface area contributed by atoms with Crippen LogP contribution in [0.5, 0.6) is 5.75 Å². The largest absolute Gasteiger partial charge is 0.497 e. The van der Waals surface area contributed by atoms with Crippen LogP contribution in [0.4, 0.5) is 4.39 Å². The van der Waals surface area contributed by atoms with E-state index in [-0.39, 0.29) is 12.2 Å². The van der Waals surface area contributed by atoms with Gasteiger partial charge in [0.05, 0.1) is 19.9 Å². The fourth-order valence-corrected chi connectivity index (χ4v) is 3.12. The van der Waals surface area contributed by atoms with Gasteiger partial charge in [-0.25, -0.2) is 14.2 Å². The van der Waals surface area contributed by atoms with E-state index in [0.717, 1.165) is 16.8 Å². The van der Waals surface area contributed by atoms with E-state index in [1.165, 1.54) is 28.4 Å². The lowest BCUT2D eigenvalue weighted by Gasteiger charge is -2.07. The highest BCUT2D eigenvalue weighted by atomic mass is 19.1. The summed E-state index contributed by atoms with van der Waals surface area (Å²) in [4.78, 5) is 17.3. The molecule has 0 aliphatic heterocycles. The summed E-state index contributed by atoms with van der Waals surface area (Å²) >= 11 is 0. The van der Waals surface area contributed by atoms with Crippen molar-refractivity contribution in [2.75, 3.05) is 7.11 Å². The summed E-state index contributed by atoms with van der Waals surface area (Å²) in [5, 5.41) is 6.73. The molecule has 28 heavy (non-hydrogen) atoms. The number of aromatic nitrogens is 5. The maximum Gasteiger partial charge on any atom is 0.334 e. The molecular weight excluding hydrogens is 361 g/mol. The molecule has 7 nitrogen and oxygen atoms in total. The number of aryl methyl sites for hydroxylation is 1. The molecule has 1 N–H and O–H groups in total. The first-order valence-electron chi connectivity index (χ1n) is 8.63. The van der Waals surface area contributed by atoms with Crippen molar-refractivity contribution >= 4 is 0 Å². The number of hydrogen-bond acceptors (Lipinski definition) is 4. The first-order valence-corrected chi connectivity index (χ1v) is 8.63. The van der Waals surface area contributed by atoms with E-state index in [2.05, 4.69) is 15.2 Å². The lowest BCUT2D eigenvalue weighted by atomic mass is 10.1. The number of pyridine rings is 1. The highest BCUT2D eigenvalue weighted by Gasteiger charge is 2.11. The Morgan fingerprint density at radius 3 is 2.79 bits per heavy atom. The van der Waals surface area contributed by atoms with Crippen molar-refractivity contribution < 1.29 is 9.13 Å². The highest BCUT2D eigenvalue weighted by molar-refractivity contribution is 5.64.